The summed E-state index contributed by atoms with van der Waals surface area (Å²) in [6.45, 7) is 1.49. The molecule has 0 aromatic carbocycles. The van der Waals surface area contributed by atoms with Crippen molar-refractivity contribution in [2.75, 3.05) is 19.6 Å². The molecule has 35 heavy (non-hydrogen) atoms. The van der Waals surface area contributed by atoms with Gasteiger partial charge in [-0.25, -0.2) is 4.79 Å². The molecule has 1 rings (SSSR count). The first-order valence-corrected chi connectivity index (χ1v) is 12.2. The molecule has 0 aromatic heterocycles. The molecule has 200 valence electrons. The van der Waals surface area contributed by atoms with Crippen molar-refractivity contribution in [1.82, 2.24) is 21.3 Å². The lowest BCUT2D eigenvalue weighted by Gasteiger charge is -2.25. The molecule has 0 radical (unpaired) electrons. The summed E-state index contributed by atoms with van der Waals surface area (Å²) in [5.74, 6) is -3.48. The maximum atomic E-state index is 13.1. The molecule has 1 saturated heterocycles. The zero-order valence-corrected chi connectivity index (χ0v) is 20.2. The maximum Gasteiger partial charge on any atom is 0.326 e. The Morgan fingerprint density at radius 3 is 1.86 bits per heavy atom. The molecule has 13 nitrogen and oxygen atoms in total. The largest absolute Gasteiger partial charge is 0.480 e. The van der Waals surface area contributed by atoms with Gasteiger partial charge >= 0.3 is 5.97 Å². The van der Waals surface area contributed by atoms with Crippen LogP contribution in [-0.2, 0) is 24.0 Å². The zero-order valence-electron chi connectivity index (χ0n) is 20.2. The van der Waals surface area contributed by atoms with E-state index in [1.165, 1.54) is 0 Å². The van der Waals surface area contributed by atoms with Gasteiger partial charge < -0.3 is 43.6 Å². The standard InChI is InChI=1S/C22H41N7O6/c23-11-3-1-6-15(20(32)29-17(22(34)35)7-2-4-12-24)27-21(33)16(9-10-18(25)30)28-19(31)14-8-5-13-26-14/h14-17,26H,1-13,23-24H2,(H2,25,30)(H,27,33)(H,28,31)(H,29,32)(H,34,35). The molecule has 0 saturated carbocycles. The molecule has 4 unspecified atom stereocenters. The summed E-state index contributed by atoms with van der Waals surface area (Å²) in [6.07, 6.45) is 3.98. The van der Waals surface area contributed by atoms with Crippen LogP contribution in [0, 0.1) is 0 Å². The van der Waals surface area contributed by atoms with Gasteiger partial charge in [0.1, 0.15) is 18.1 Å². The van der Waals surface area contributed by atoms with Crippen molar-refractivity contribution < 1.29 is 29.1 Å². The van der Waals surface area contributed by atoms with Crippen molar-refractivity contribution in [3.05, 3.63) is 0 Å². The molecule has 1 aliphatic heterocycles. The maximum absolute atomic E-state index is 13.1. The number of unbranched alkanes of at least 4 members (excludes halogenated alkanes) is 2. The minimum Gasteiger partial charge on any atom is -0.480 e. The Balaban J connectivity index is 2.91. The molecular formula is C22H41N7O6. The zero-order chi connectivity index (χ0) is 26.2. The third-order valence-electron chi connectivity index (χ3n) is 5.83. The fourth-order valence-electron chi connectivity index (χ4n) is 3.79. The van der Waals surface area contributed by atoms with Crippen LogP contribution in [-0.4, -0.2) is 78.5 Å². The fourth-order valence-corrected chi connectivity index (χ4v) is 3.79. The molecule has 1 aliphatic rings. The van der Waals surface area contributed by atoms with Gasteiger partial charge in [0.2, 0.25) is 23.6 Å². The summed E-state index contributed by atoms with van der Waals surface area (Å²) < 4.78 is 0. The van der Waals surface area contributed by atoms with Crippen LogP contribution in [0.15, 0.2) is 0 Å². The van der Waals surface area contributed by atoms with E-state index in [1.54, 1.807) is 0 Å². The lowest BCUT2D eigenvalue weighted by Crippen LogP contribution is -2.57. The summed E-state index contributed by atoms with van der Waals surface area (Å²) in [4.78, 5) is 61.4. The van der Waals surface area contributed by atoms with E-state index in [-0.39, 0.29) is 31.6 Å². The average Bonchev–Trinajstić information content (AvgIpc) is 3.35. The SMILES string of the molecule is NCCCCC(NC(=O)C(CCCCN)NC(=O)C(CCC(N)=O)NC(=O)C1CCCN1)C(=O)O. The van der Waals surface area contributed by atoms with Gasteiger partial charge in [-0.3, -0.25) is 19.2 Å². The minimum atomic E-state index is -1.18. The predicted molar refractivity (Wildman–Crippen MR) is 129 cm³/mol. The molecule has 0 bridgehead atoms. The lowest BCUT2D eigenvalue weighted by molar-refractivity contribution is -0.142. The second kappa shape index (κ2) is 16.8. The van der Waals surface area contributed by atoms with Crippen molar-refractivity contribution in [2.45, 2.75) is 88.4 Å². The number of rotatable bonds is 18. The molecular weight excluding hydrogens is 458 g/mol. The molecule has 4 atom stereocenters. The second-order valence-electron chi connectivity index (χ2n) is 8.74. The first-order valence-electron chi connectivity index (χ1n) is 12.2. The Morgan fingerprint density at radius 1 is 0.829 bits per heavy atom. The van der Waals surface area contributed by atoms with E-state index in [4.69, 9.17) is 17.2 Å². The number of carbonyl (C=O) groups is 5. The Hall–Kier alpha value is -2.77. The number of carboxylic acids is 1. The van der Waals surface area contributed by atoms with Gasteiger partial charge in [-0.2, -0.15) is 0 Å². The van der Waals surface area contributed by atoms with Crippen LogP contribution in [0.1, 0.15) is 64.2 Å². The number of carbonyl (C=O) groups excluding carboxylic acids is 4. The van der Waals surface area contributed by atoms with E-state index in [0.717, 1.165) is 6.42 Å². The third kappa shape index (κ3) is 12.0. The Kier molecular flexibility index (Phi) is 14.5. The number of hydrogen-bond donors (Lipinski definition) is 8. The van der Waals surface area contributed by atoms with Crippen molar-refractivity contribution in [3.8, 4) is 0 Å². The highest BCUT2D eigenvalue weighted by atomic mass is 16.4. The molecule has 13 heteroatoms. The lowest BCUT2D eigenvalue weighted by atomic mass is 10.0. The quantitative estimate of drug-likeness (QED) is 0.0954. The normalized spacial score (nSPS) is 17.7. The Morgan fingerprint density at radius 2 is 1.37 bits per heavy atom. The highest BCUT2D eigenvalue weighted by Gasteiger charge is 2.31. The van der Waals surface area contributed by atoms with E-state index in [1.807, 2.05) is 0 Å². The van der Waals surface area contributed by atoms with E-state index >= 15 is 0 Å². The van der Waals surface area contributed by atoms with Crippen molar-refractivity contribution in [2.24, 2.45) is 17.2 Å². The van der Waals surface area contributed by atoms with E-state index < -0.39 is 47.9 Å². The summed E-state index contributed by atoms with van der Waals surface area (Å²) >= 11 is 0. The first-order chi connectivity index (χ1) is 16.7. The van der Waals surface area contributed by atoms with Gasteiger partial charge in [0, 0.05) is 6.42 Å². The van der Waals surface area contributed by atoms with Crippen molar-refractivity contribution in [1.29, 1.82) is 0 Å². The van der Waals surface area contributed by atoms with Crippen molar-refractivity contribution >= 4 is 29.6 Å². The molecule has 4 amide bonds. The van der Waals surface area contributed by atoms with Crippen LogP contribution in [0.3, 0.4) is 0 Å². The molecule has 1 heterocycles. The molecule has 0 spiro atoms. The fraction of sp³-hybridized carbons (Fsp3) is 0.773. The number of amides is 4. The third-order valence-corrected chi connectivity index (χ3v) is 5.83. The van der Waals surface area contributed by atoms with Crippen LogP contribution in [0.4, 0.5) is 0 Å². The van der Waals surface area contributed by atoms with Crippen LogP contribution in [0.25, 0.3) is 0 Å². The summed E-state index contributed by atoms with van der Waals surface area (Å²) in [7, 11) is 0. The minimum absolute atomic E-state index is 0.0341. The number of primary amides is 1. The molecule has 11 N–H and O–H groups in total. The monoisotopic (exact) mass is 499 g/mol. The van der Waals surface area contributed by atoms with Gasteiger partial charge in [-0.15, -0.1) is 0 Å². The second-order valence-corrected chi connectivity index (χ2v) is 8.74. The van der Waals surface area contributed by atoms with Gasteiger partial charge in [-0.05, 0) is 77.4 Å². The summed E-state index contributed by atoms with van der Waals surface area (Å²) in [6, 6.07) is -3.68. The summed E-state index contributed by atoms with van der Waals surface area (Å²) in [5.41, 5.74) is 16.2. The van der Waals surface area contributed by atoms with Gasteiger partial charge in [0.05, 0.1) is 6.04 Å². The first kappa shape index (κ1) is 30.3. The van der Waals surface area contributed by atoms with E-state index in [0.29, 0.717) is 51.7 Å². The number of carboxylic acid groups (broad SMARTS) is 1. The van der Waals surface area contributed by atoms with Gasteiger partial charge in [0.25, 0.3) is 0 Å². The number of nitrogens with one attached hydrogen (secondary N) is 4. The highest BCUT2D eigenvalue weighted by molar-refractivity contribution is 5.94. The van der Waals surface area contributed by atoms with E-state index in [2.05, 4.69) is 21.3 Å². The van der Waals surface area contributed by atoms with Crippen LogP contribution >= 0.6 is 0 Å². The van der Waals surface area contributed by atoms with Crippen LogP contribution in [0.2, 0.25) is 0 Å². The smallest absolute Gasteiger partial charge is 0.326 e. The Labute approximate surface area is 205 Å². The molecule has 0 aromatic rings. The van der Waals surface area contributed by atoms with Crippen molar-refractivity contribution in [3.63, 3.8) is 0 Å². The average molecular weight is 500 g/mol. The van der Waals surface area contributed by atoms with E-state index in [9.17, 15) is 29.1 Å². The molecule has 1 fully saturated rings. The summed E-state index contributed by atoms with van der Waals surface area (Å²) in [5, 5.41) is 20.2. The number of nitrogens with two attached hydrogens (primary N) is 3. The number of hydrogen-bond acceptors (Lipinski definition) is 8. The number of aliphatic carboxylic acids is 1. The predicted octanol–water partition coefficient (Wildman–Crippen LogP) is -2.20. The highest BCUT2D eigenvalue weighted by Crippen LogP contribution is 2.09. The Bertz CT molecular complexity index is 714. The van der Waals surface area contributed by atoms with Gasteiger partial charge in [0.15, 0.2) is 0 Å². The topological polar surface area (TPSA) is 232 Å². The molecule has 0 aliphatic carbocycles. The van der Waals surface area contributed by atoms with Gasteiger partial charge in [-0.1, -0.05) is 0 Å². The van der Waals surface area contributed by atoms with Crippen LogP contribution < -0.4 is 38.5 Å². The van der Waals surface area contributed by atoms with Crippen LogP contribution in [0.5, 0.6) is 0 Å².